The molecule has 0 aromatic heterocycles. The maximum Gasteiger partial charge on any atom is 0.136 e. The highest BCUT2D eigenvalue weighted by molar-refractivity contribution is 5.81. The molecule has 1 aliphatic rings. The van der Waals surface area contributed by atoms with Crippen LogP contribution < -0.4 is 0 Å². The molecule has 0 radical (unpaired) electrons. The summed E-state index contributed by atoms with van der Waals surface area (Å²) in [5.74, 6) is 1.38. The summed E-state index contributed by atoms with van der Waals surface area (Å²) in [6.07, 6.45) is 4.08. The summed E-state index contributed by atoms with van der Waals surface area (Å²) in [4.78, 5) is 11.9. The molecule has 0 N–H and O–H groups in total. The number of carbonyl (C=O) groups excluding carboxylic acids is 1. The van der Waals surface area contributed by atoms with Gasteiger partial charge in [0.25, 0.3) is 0 Å². The van der Waals surface area contributed by atoms with Gasteiger partial charge >= 0.3 is 0 Å². The number of carbonyl (C=O) groups is 1. The summed E-state index contributed by atoms with van der Waals surface area (Å²) < 4.78 is 5.56. The van der Waals surface area contributed by atoms with Gasteiger partial charge in [-0.15, -0.1) is 0 Å². The van der Waals surface area contributed by atoms with E-state index < -0.39 is 0 Å². The Bertz CT molecular complexity index is 250. The molecule has 2 heteroatoms. The maximum absolute atomic E-state index is 11.9. The van der Waals surface area contributed by atoms with E-state index in [1.165, 1.54) is 0 Å². The topological polar surface area (TPSA) is 26.3 Å². The first-order valence-corrected chi connectivity index (χ1v) is 6.95. The van der Waals surface area contributed by atoms with E-state index in [-0.39, 0.29) is 12.0 Å². The number of hydrogen-bond acceptors (Lipinski definition) is 2. The van der Waals surface area contributed by atoms with Crippen LogP contribution in [-0.2, 0) is 9.53 Å². The third-order valence-corrected chi connectivity index (χ3v) is 3.91. The summed E-state index contributed by atoms with van der Waals surface area (Å²) in [7, 11) is 0. The predicted molar refractivity (Wildman–Crippen MR) is 71.0 cm³/mol. The van der Waals surface area contributed by atoms with Crippen molar-refractivity contribution >= 4 is 5.78 Å². The minimum Gasteiger partial charge on any atom is -0.379 e. The summed E-state index contributed by atoms with van der Waals surface area (Å²) >= 11 is 0. The van der Waals surface area contributed by atoms with Crippen molar-refractivity contribution in [2.45, 2.75) is 66.4 Å². The zero-order valence-corrected chi connectivity index (χ0v) is 12.1. The molecule has 0 aliphatic heterocycles. The molecule has 1 rings (SSSR count). The average Bonchev–Trinajstić information content (AvgIpc) is 2.18. The predicted octanol–water partition coefficient (Wildman–Crippen LogP) is 3.83. The molecular weight excluding hydrogens is 212 g/mol. The third-order valence-electron chi connectivity index (χ3n) is 3.91. The van der Waals surface area contributed by atoms with Crippen molar-refractivity contribution in [3.63, 3.8) is 0 Å². The lowest BCUT2D eigenvalue weighted by atomic mass is 9.68. The van der Waals surface area contributed by atoms with Crippen LogP contribution in [-0.4, -0.2) is 18.5 Å². The Morgan fingerprint density at radius 3 is 2.53 bits per heavy atom. The first-order valence-electron chi connectivity index (χ1n) is 6.95. The van der Waals surface area contributed by atoms with Crippen LogP contribution in [0.5, 0.6) is 0 Å². The lowest BCUT2D eigenvalue weighted by Crippen LogP contribution is -2.32. The lowest BCUT2D eigenvalue weighted by Gasteiger charge is -2.37. The van der Waals surface area contributed by atoms with Gasteiger partial charge in [-0.2, -0.15) is 0 Å². The van der Waals surface area contributed by atoms with Crippen molar-refractivity contribution in [1.82, 2.24) is 0 Å². The minimum absolute atomic E-state index is 0.242. The maximum atomic E-state index is 11.9. The Morgan fingerprint density at radius 1 is 1.35 bits per heavy atom. The van der Waals surface area contributed by atoms with Gasteiger partial charge in [0, 0.05) is 18.9 Å². The zero-order chi connectivity index (χ0) is 13.1. The second-order valence-electron chi connectivity index (χ2n) is 6.71. The molecule has 0 amide bonds. The van der Waals surface area contributed by atoms with E-state index in [1.807, 2.05) is 13.8 Å². The normalized spacial score (nSPS) is 26.6. The first-order chi connectivity index (χ1) is 7.80. The molecule has 17 heavy (non-hydrogen) atoms. The fourth-order valence-electron chi connectivity index (χ4n) is 2.62. The highest BCUT2D eigenvalue weighted by Gasteiger charge is 2.34. The standard InChI is InChI=1S/C15H28O2/c1-11(2)17-9-8-12-10-13(15(3,4)5)6-7-14(12)16/h11-13H,6-10H2,1-5H3. The van der Waals surface area contributed by atoms with E-state index in [0.717, 1.165) is 32.3 Å². The molecule has 0 aromatic rings. The quantitative estimate of drug-likeness (QED) is 0.746. The molecule has 2 nitrogen and oxygen atoms in total. The zero-order valence-electron chi connectivity index (χ0n) is 12.1. The average molecular weight is 240 g/mol. The fraction of sp³-hybridized carbons (Fsp3) is 0.933. The van der Waals surface area contributed by atoms with E-state index in [4.69, 9.17) is 4.74 Å². The van der Waals surface area contributed by atoms with Gasteiger partial charge < -0.3 is 4.74 Å². The van der Waals surface area contributed by atoms with Crippen LogP contribution in [0.4, 0.5) is 0 Å². The molecular formula is C15H28O2. The smallest absolute Gasteiger partial charge is 0.136 e. The van der Waals surface area contributed by atoms with Crippen LogP contribution in [0.3, 0.4) is 0 Å². The Morgan fingerprint density at radius 2 is 2.00 bits per heavy atom. The van der Waals surface area contributed by atoms with E-state index in [0.29, 0.717) is 17.1 Å². The van der Waals surface area contributed by atoms with Crippen molar-refractivity contribution in [3.05, 3.63) is 0 Å². The van der Waals surface area contributed by atoms with Crippen LogP contribution in [0.25, 0.3) is 0 Å². The Hall–Kier alpha value is -0.370. The van der Waals surface area contributed by atoms with Crippen LogP contribution in [0.2, 0.25) is 0 Å². The summed E-state index contributed by atoms with van der Waals surface area (Å²) in [6.45, 7) is 11.7. The van der Waals surface area contributed by atoms with Crippen molar-refractivity contribution < 1.29 is 9.53 Å². The molecule has 1 fully saturated rings. The van der Waals surface area contributed by atoms with E-state index in [1.54, 1.807) is 0 Å². The van der Waals surface area contributed by atoms with Gasteiger partial charge in [0.2, 0.25) is 0 Å². The van der Waals surface area contributed by atoms with Crippen LogP contribution in [0, 0.1) is 17.3 Å². The summed E-state index contributed by atoms with van der Waals surface area (Å²) in [6, 6.07) is 0. The molecule has 2 atom stereocenters. The third kappa shape index (κ3) is 4.79. The number of Topliss-reactive ketones (excluding diaryl/α,β-unsaturated/α-hetero) is 1. The highest BCUT2D eigenvalue weighted by atomic mass is 16.5. The van der Waals surface area contributed by atoms with Crippen LogP contribution in [0.15, 0.2) is 0 Å². The number of rotatable bonds is 4. The SMILES string of the molecule is CC(C)OCCC1CC(C(C)(C)C)CCC1=O. The van der Waals surface area contributed by atoms with E-state index in [9.17, 15) is 4.79 Å². The number of ether oxygens (including phenoxy) is 1. The van der Waals surface area contributed by atoms with Gasteiger partial charge in [-0.05, 0) is 44.4 Å². The lowest BCUT2D eigenvalue weighted by molar-refractivity contribution is -0.127. The molecule has 100 valence electrons. The summed E-state index contributed by atoms with van der Waals surface area (Å²) in [5.41, 5.74) is 0.331. The van der Waals surface area contributed by atoms with Crippen molar-refractivity contribution in [2.75, 3.05) is 6.61 Å². The van der Waals surface area contributed by atoms with Crippen molar-refractivity contribution in [1.29, 1.82) is 0 Å². The molecule has 0 aromatic carbocycles. The number of hydrogen-bond donors (Lipinski definition) is 0. The Kier molecular flexibility index (Phi) is 5.18. The number of ketones is 1. The van der Waals surface area contributed by atoms with Gasteiger partial charge in [-0.25, -0.2) is 0 Å². The second kappa shape index (κ2) is 5.99. The van der Waals surface area contributed by atoms with E-state index in [2.05, 4.69) is 20.8 Å². The monoisotopic (exact) mass is 240 g/mol. The molecule has 1 saturated carbocycles. The molecule has 0 saturated heterocycles. The minimum atomic E-state index is 0.242. The van der Waals surface area contributed by atoms with Crippen molar-refractivity contribution in [2.24, 2.45) is 17.3 Å². The first kappa shape index (κ1) is 14.7. The highest BCUT2D eigenvalue weighted by Crippen LogP contribution is 2.39. The van der Waals surface area contributed by atoms with Gasteiger partial charge in [0.1, 0.15) is 5.78 Å². The fourth-order valence-corrected chi connectivity index (χ4v) is 2.62. The Balaban J connectivity index is 2.44. The van der Waals surface area contributed by atoms with Crippen LogP contribution in [0.1, 0.15) is 60.3 Å². The van der Waals surface area contributed by atoms with Gasteiger partial charge in [0.05, 0.1) is 6.10 Å². The molecule has 2 unspecified atom stereocenters. The summed E-state index contributed by atoms with van der Waals surface area (Å²) in [5, 5.41) is 0. The molecule has 0 bridgehead atoms. The Labute approximate surface area is 106 Å². The van der Waals surface area contributed by atoms with E-state index >= 15 is 0 Å². The van der Waals surface area contributed by atoms with Gasteiger partial charge in [-0.3, -0.25) is 4.79 Å². The van der Waals surface area contributed by atoms with Crippen molar-refractivity contribution in [3.8, 4) is 0 Å². The van der Waals surface area contributed by atoms with Gasteiger partial charge in [-0.1, -0.05) is 20.8 Å². The van der Waals surface area contributed by atoms with Gasteiger partial charge in [0.15, 0.2) is 0 Å². The molecule has 0 spiro atoms. The molecule has 0 heterocycles. The molecule has 1 aliphatic carbocycles. The van der Waals surface area contributed by atoms with Crippen LogP contribution >= 0.6 is 0 Å². The second-order valence-corrected chi connectivity index (χ2v) is 6.71. The largest absolute Gasteiger partial charge is 0.379 e.